The number of ether oxygens (including phenoxy) is 1. The maximum atomic E-state index is 8.78. The Morgan fingerprint density at radius 3 is 2.42 bits per heavy atom. The summed E-state index contributed by atoms with van der Waals surface area (Å²) in [5.41, 5.74) is 3.12. The Morgan fingerprint density at radius 2 is 1.67 bits per heavy atom. The van der Waals surface area contributed by atoms with Gasteiger partial charge in [0.25, 0.3) is 0 Å². The Bertz CT molecular complexity index is 761. The molecule has 0 aliphatic heterocycles. The predicted molar refractivity (Wildman–Crippen MR) is 92.8 cm³/mol. The molecule has 0 aliphatic rings. The van der Waals surface area contributed by atoms with Crippen LogP contribution in [0.1, 0.15) is 5.69 Å². The molecular formula is C19H19N3O2. The van der Waals surface area contributed by atoms with Gasteiger partial charge in [-0.25, -0.2) is 9.97 Å². The number of aliphatic hydroxyl groups excluding tert-OH is 1. The van der Waals surface area contributed by atoms with Crippen molar-refractivity contribution in [1.82, 2.24) is 15.3 Å². The molecule has 0 spiro atoms. The van der Waals surface area contributed by atoms with Gasteiger partial charge in [0.2, 0.25) is 5.88 Å². The van der Waals surface area contributed by atoms with Crippen molar-refractivity contribution in [3.8, 4) is 22.8 Å². The summed E-state index contributed by atoms with van der Waals surface area (Å²) in [5, 5.41) is 11.9. The van der Waals surface area contributed by atoms with Crippen LogP contribution < -0.4 is 10.1 Å². The second-order valence-electron chi connectivity index (χ2n) is 5.24. The van der Waals surface area contributed by atoms with Crippen molar-refractivity contribution in [1.29, 1.82) is 0 Å². The van der Waals surface area contributed by atoms with Crippen molar-refractivity contribution in [2.24, 2.45) is 0 Å². The van der Waals surface area contributed by atoms with Gasteiger partial charge in [-0.15, -0.1) is 0 Å². The smallest absolute Gasteiger partial charge is 0.222 e. The first-order valence-corrected chi connectivity index (χ1v) is 7.81. The zero-order chi connectivity index (χ0) is 16.6. The van der Waals surface area contributed by atoms with E-state index in [2.05, 4.69) is 27.4 Å². The summed E-state index contributed by atoms with van der Waals surface area (Å²) in [7, 11) is 0. The number of hydrogen-bond acceptors (Lipinski definition) is 5. The van der Waals surface area contributed by atoms with Crippen LogP contribution in [0.4, 0.5) is 0 Å². The van der Waals surface area contributed by atoms with Crippen molar-refractivity contribution >= 4 is 0 Å². The molecule has 0 amide bonds. The molecule has 0 bridgehead atoms. The van der Waals surface area contributed by atoms with Crippen LogP contribution >= 0.6 is 0 Å². The lowest BCUT2D eigenvalue weighted by Crippen LogP contribution is -2.18. The molecular weight excluding hydrogens is 302 g/mol. The normalized spacial score (nSPS) is 10.5. The predicted octanol–water partition coefficient (Wildman–Crippen LogP) is 3.02. The largest absolute Gasteiger partial charge is 0.439 e. The van der Waals surface area contributed by atoms with Crippen LogP contribution in [0.3, 0.4) is 0 Å². The molecule has 0 unspecified atom stereocenters. The second-order valence-corrected chi connectivity index (χ2v) is 5.24. The molecule has 0 aliphatic carbocycles. The Kier molecular flexibility index (Phi) is 5.50. The van der Waals surface area contributed by atoms with Crippen LogP contribution in [0, 0.1) is 0 Å². The monoisotopic (exact) mass is 321 g/mol. The molecule has 0 saturated carbocycles. The fourth-order valence-corrected chi connectivity index (χ4v) is 2.29. The Hall–Kier alpha value is -2.76. The van der Waals surface area contributed by atoms with Gasteiger partial charge in [0.15, 0.2) is 0 Å². The van der Waals surface area contributed by atoms with Gasteiger partial charge in [-0.2, -0.15) is 0 Å². The van der Waals surface area contributed by atoms with E-state index in [1.54, 1.807) is 6.07 Å². The third kappa shape index (κ3) is 4.38. The zero-order valence-electron chi connectivity index (χ0n) is 13.2. The maximum absolute atomic E-state index is 8.78. The SMILES string of the molecule is OCCNCc1cc(Oc2ccc(-c3ccccc3)cc2)ncn1. The van der Waals surface area contributed by atoms with E-state index in [4.69, 9.17) is 9.84 Å². The first-order valence-electron chi connectivity index (χ1n) is 7.81. The summed E-state index contributed by atoms with van der Waals surface area (Å²) in [5.74, 6) is 1.22. The number of nitrogens with zero attached hydrogens (tertiary/aromatic N) is 2. The summed E-state index contributed by atoms with van der Waals surface area (Å²) in [6.45, 7) is 1.19. The molecule has 5 heteroatoms. The Morgan fingerprint density at radius 1 is 0.917 bits per heavy atom. The van der Waals surface area contributed by atoms with Crippen LogP contribution in [0.2, 0.25) is 0 Å². The lowest BCUT2D eigenvalue weighted by atomic mass is 10.1. The van der Waals surface area contributed by atoms with E-state index in [0.717, 1.165) is 17.0 Å². The summed E-state index contributed by atoms with van der Waals surface area (Å²) < 4.78 is 5.79. The molecule has 3 aromatic rings. The van der Waals surface area contributed by atoms with Crippen molar-refractivity contribution in [2.75, 3.05) is 13.2 Å². The first-order chi connectivity index (χ1) is 11.8. The van der Waals surface area contributed by atoms with Crippen molar-refractivity contribution < 1.29 is 9.84 Å². The lowest BCUT2D eigenvalue weighted by molar-refractivity contribution is 0.291. The fraction of sp³-hybridized carbons (Fsp3) is 0.158. The van der Waals surface area contributed by atoms with Crippen molar-refractivity contribution in [2.45, 2.75) is 6.54 Å². The van der Waals surface area contributed by atoms with Crippen molar-refractivity contribution in [3.63, 3.8) is 0 Å². The van der Waals surface area contributed by atoms with E-state index >= 15 is 0 Å². The van der Waals surface area contributed by atoms with Crippen LogP contribution in [0.15, 0.2) is 67.0 Å². The molecule has 122 valence electrons. The molecule has 2 aromatic carbocycles. The Balaban J connectivity index is 1.67. The minimum absolute atomic E-state index is 0.0994. The Labute approximate surface area is 141 Å². The summed E-state index contributed by atoms with van der Waals surface area (Å²) in [4.78, 5) is 8.30. The summed E-state index contributed by atoms with van der Waals surface area (Å²) >= 11 is 0. The molecule has 0 saturated heterocycles. The van der Waals surface area contributed by atoms with E-state index < -0.39 is 0 Å². The standard InChI is InChI=1S/C19H19N3O2/c23-11-10-20-13-17-12-19(22-14-21-17)24-18-8-6-16(7-9-18)15-4-2-1-3-5-15/h1-9,12,14,20,23H,10-11,13H2. The highest BCUT2D eigenvalue weighted by atomic mass is 16.5. The number of nitrogens with one attached hydrogen (secondary N) is 1. The van der Waals surface area contributed by atoms with E-state index in [-0.39, 0.29) is 6.61 Å². The van der Waals surface area contributed by atoms with E-state index in [1.807, 2.05) is 42.5 Å². The molecule has 3 rings (SSSR count). The van der Waals surface area contributed by atoms with Crippen molar-refractivity contribution in [3.05, 3.63) is 72.7 Å². The molecule has 1 heterocycles. The molecule has 5 nitrogen and oxygen atoms in total. The zero-order valence-corrected chi connectivity index (χ0v) is 13.2. The highest BCUT2D eigenvalue weighted by molar-refractivity contribution is 5.63. The topological polar surface area (TPSA) is 67.3 Å². The van der Waals surface area contributed by atoms with E-state index in [1.165, 1.54) is 11.9 Å². The maximum Gasteiger partial charge on any atom is 0.222 e. The van der Waals surface area contributed by atoms with Gasteiger partial charge in [0.05, 0.1) is 12.3 Å². The van der Waals surface area contributed by atoms with Gasteiger partial charge in [-0.05, 0) is 23.3 Å². The van der Waals surface area contributed by atoms with Crippen LogP contribution in [-0.2, 0) is 6.54 Å². The van der Waals surface area contributed by atoms with Gasteiger partial charge in [-0.3, -0.25) is 0 Å². The molecule has 1 aromatic heterocycles. The summed E-state index contributed by atoms with van der Waals surface area (Å²) in [6.07, 6.45) is 1.48. The van der Waals surface area contributed by atoms with Gasteiger partial charge in [0.1, 0.15) is 12.1 Å². The van der Waals surface area contributed by atoms with Crippen LogP contribution in [-0.4, -0.2) is 28.2 Å². The highest BCUT2D eigenvalue weighted by Gasteiger charge is 2.03. The molecule has 24 heavy (non-hydrogen) atoms. The third-order valence-electron chi connectivity index (χ3n) is 3.48. The minimum Gasteiger partial charge on any atom is -0.439 e. The fourth-order valence-electron chi connectivity index (χ4n) is 2.29. The molecule has 2 N–H and O–H groups in total. The molecule has 0 fully saturated rings. The van der Waals surface area contributed by atoms with Gasteiger partial charge in [0, 0.05) is 19.2 Å². The number of rotatable bonds is 7. The highest BCUT2D eigenvalue weighted by Crippen LogP contribution is 2.24. The molecule has 0 radical (unpaired) electrons. The van der Waals surface area contributed by atoms with E-state index in [9.17, 15) is 0 Å². The second kappa shape index (κ2) is 8.19. The lowest BCUT2D eigenvalue weighted by Gasteiger charge is -2.08. The number of aliphatic hydroxyl groups is 1. The van der Waals surface area contributed by atoms with E-state index in [0.29, 0.717) is 19.0 Å². The summed E-state index contributed by atoms with van der Waals surface area (Å²) in [6, 6.07) is 19.9. The number of aromatic nitrogens is 2. The van der Waals surface area contributed by atoms with Crippen LogP contribution in [0.25, 0.3) is 11.1 Å². The van der Waals surface area contributed by atoms with Gasteiger partial charge in [-0.1, -0.05) is 42.5 Å². The van der Waals surface area contributed by atoms with Gasteiger partial charge < -0.3 is 15.2 Å². The van der Waals surface area contributed by atoms with Crippen LogP contribution in [0.5, 0.6) is 11.6 Å². The average molecular weight is 321 g/mol. The third-order valence-corrected chi connectivity index (χ3v) is 3.48. The minimum atomic E-state index is 0.0994. The quantitative estimate of drug-likeness (QED) is 0.655. The number of benzene rings is 2. The molecule has 0 atom stereocenters. The average Bonchev–Trinajstić information content (AvgIpc) is 2.64. The number of hydrogen-bond donors (Lipinski definition) is 2. The first kappa shape index (κ1) is 16.1. The van der Waals surface area contributed by atoms with Gasteiger partial charge >= 0.3 is 0 Å².